The standard InChI is InChI=1S/C23H29FN6/c1-16-19(13-29(4)27-16)15-30-10-6-8-18(14-30)22-21(12-25-23(26-22)28(2)3)17-7-5-9-20(24)11-17/h5,7,9,11-13,18H,6,8,10,14-15H2,1-4H3/t18-/m1/s1. The highest BCUT2D eigenvalue weighted by Gasteiger charge is 2.26. The maximum atomic E-state index is 13.9. The van der Waals surface area contributed by atoms with E-state index in [2.05, 4.69) is 28.1 Å². The van der Waals surface area contributed by atoms with Crippen LogP contribution >= 0.6 is 0 Å². The number of benzene rings is 1. The Balaban J connectivity index is 1.65. The van der Waals surface area contributed by atoms with Gasteiger partial charge in [0.1, 0.15) is 5.82 Å². The zero-order valence-electron chi connectivity index (χ0n) is 18.1. The Kier molecular flexibility index (Phi) is 5.81. The molecule has 0 amide bonds. The van der Waals surface area contributed by atoms with Gasteiger partial charge in [-0.25, -0.2) is 14.4 Å². The predicted molar refractivity (Wildman–Crippen MR) is 117 cm³/mol. The summed E-state index contributed by atoms with van der Waals surface area (Å²) in [5, 5.41) is 4.48. The normalized spacial score (nSPS) is 17.3. The average molecular weight is 409 g/mol. The molecule has 1 aliphatic rings. The summed E-state index contributed by atoms with van der Waals surface area (Å²) in [6.45, 7) is 4.93. The molecule has 0 aliphatic carbocycles. The van der Waals surface area contributed by atoms with Crippen LogP contribution in [0.4, 0.5) is 10.3 Å². The molecule has 4 rings (SSSR count). The lowest BCUT2D eigenvalue weighted by molar-refractivity contribution is 0.198. The summed E-state index contributed by atoms with van der Waals surface area (Å²) in [5.41, 5.74) is 5.10. The van der Waals surface area contributed by atoms with Crippen molar-refractivity contribution in [2.45, 2.75) is 32.2 Å². The molecule has 1 atom stereocenters. The third-order valence-electron chi connectivity index (χ3n) is 5.74. The molecule has 0 spiro atoms. The second-order valence-electron chi connectivity index (χ2n) is 8.36. The minimum atomic E-state index is -0.243. The van der Waals surface area contributed by atoms with Gasteiger partial charge in [0.25, 0.3) is 0 Å². The van der Waals surface area contributed by atoms with E-state index in [9.17, 15) is 4.39 Å². The van der Waals surface area contributed by atoms with Gasteiger partial charge in [-0.05, 0) is 44.0 Å². The van der Waals surface area contributed by atoms with Crippen molar-refractivity contribution in [3.05, 3.63) is 59.4 Å². The number of anilines is 1. The fourth-order valence-electron chi connectivity index (χ4n) is 4.26. The van der Waals surface area contributed by atoms with Crippen molar-refractivity contribution < 1.29 is 4.39 Å². The first-order valence-electron chi connectivity index (χ1n) is 10.4. The van der Waals surface area contributed by atoms with E-state index >= 15 is 0 Å². The van der Waals surface area contributed by atoms with Gasteiger partial charge in [-0.1, -0.05) is 12.1 Å². The molecule has 158 valence electrons. The quantitative estimate of drug-likeness (QED) is 0.643. The summed E-state index contributed by atoms with van der Waals surface area (Å²) >= 11 is 0. The van der Waals surface area contributed by atoms with Gasteiger partial charge >= 0.3 is 0 Å². The van der Waals surface area contributed by atoms with Crippen molar-refractivity contribution in [1.82, 2.24) is 24.6 Å². The van der Waals surface area contributed by atoms with Crippen LogP contribution in [0.25, 0.3) is 11.1 Å². The maximum Gasteiger partial charge on any atom is 0.225 e. The van der Waals surface area contributed by atoms with E-state index in [0.29, 0.717) is 5.95 Å². The Morgan fingerprint density at radius 2 is 2.10 bits per heavy atom. The first kappa shape index (κ1) is 20.5. The molecule has 0 radical (unpaired) electrons. The molecule has 7 heteroatoms. The average Bonchev–Trinajstić information content (AvgIpc) is 3.04. The van der Waals surface area contributed by atoms with Crippen LogP contribution in [0.15, 0.2) is 36.7 Å². The Morgan fingerprint density at radius 1 is 1.27 bits per heavy atom. The van der Waals surface area contributed by atoms with Crippen molar-refractivity contribution in [1.29, 1.82) is 0 Å². The predicted octanol–water partition coefficient (Wildman–Crippen LogP) is 3.77. The first-order chi connectivity index (χ1) is 14.4. The van der Waals surface area contributed by atoms with Crippen LogP contribution in [0.1, 0.15) is 35.7 Å². The van der Waals surface area contributed by atoms with Gasteiger partial charge < -0.3 is 4.90 Å². The number of hydrogen-bond acceptors (Lipinski definition) is 5. The van der Waals surface area contributed by atoms with E-state index in [1.54, 1.807) is 12.1 Å². The molecule has 0 N–H and O–H groups in total. The molecular formula is C23H29FN6. The molecule has 0 unspecified atom stereocenters. The SMILES string of the molecule is Cc1nn(C)cc1CN1CCC[C@@H](c2nc(N(C)C)ncc2-c2cccc(F)c2)C1. The number of rotatable bonds is 5. The molecule has 6 nitrogen and oxygen atoms in total. The van der Waals surface area contributed by atoms with E-state index in [1.807, 2.05) is 43.0 Å². The smallest absolute Gasteiger partial charge is 0.225 e. The molecule has 3 heterocycles. The highest BCUT2D eigenvalue weighted by Crippen LogP contribution is 2.34. The number of nitrogens with zero attached hydrogens (tertiary/aromatic N) is 6. The van der Waals surface area contributed by atoms with Crippen molar-refractivity contribution in [3.63, 3.8) is 0 Å². The van der Waals surface area contributed by atoms with Gasteiger partial charge in [0.05, 0.1) is 11.4 Å². The van der Waals surface area contributed by atoms with Crippen LogP contribution in [0.5, 0.6) is 0 Å². The molecule has 2 aromatic heterocycles. The molecule has 3 aromatic rings. The first-order valence-corrected chi connectivity index (χ1v) is 10.4. The largest absolute Gasteiger partial charge is 0.347 e. The van der Waals surface area contributed by atoms with Crippen molar-refractivity contribution in [3.8, 4) is 11.1 Å². The minimum absolute atomic E-state index is 0.243. The monoisotopic (exact) mass is 408 g/mol. The number of likely N-dealkylation sites (tertiary alicyclic amines) is 1. The fraction of sp³-hybridized carbons (Fsp3) is 0.435. The lowest BCUT2D eigenvalue weighted by Gasteiger charge is -2.33. The topological polar surface area (TPSA) is 50.1 Å². The van der Waals surface area contributed by atoms with Crippen LogP contribution in [0, 0.1) is 12.7 Å². The second kappa shape index (κ2) is 8.52. The highest BCUT2D eigenvalue weighted by molar-refractivity contribution is 5.66. The van der Waals surface area contributed by atoms with E-state index in [0.717, 1.165) is 55.0 Å². The molecular weight excluding hydrogens is 379 g/mol. The number of piperidine rings is 1. The summed E-state index contributed by atoms with van der Waals surface area (Å²) < 4.78 is 15.8. The Morgan fingerprint density at radius 3 is 2.80 bits per heavy atom. The van der Waals surface area contributed by atoms with Crippen molar-refractivity contribution >= 4 is 5.95 Å². The van der Waals surface area contributed by atoms with Crippen LogP contribution < -0.4 is 4.90 Å². The second-order valence-corrected chi connectivity index (χ2v) is 8.36. The van der Waals surface area contributed by atoms with Gasteiger partial charge in [-0.3, -0.25) is 9.58 Å². The van der Waals surface area contributed by atoms with Crippen LogP contribution in [-0.2, 0) is 13.6 Å². The number of hydrogen-bond donors (Lipinski definition) is 0. The number of halogens is 1. The molecule has 30 heavy (non-hydrogen) atoms. The van der Waals surface area contributed by atoms with Crippen molar-refractivity contribution in [2.24, 2.45) is 7.05 Å². The van der Waals surface area contributed by atoms with Crippen molar-refractivity contribution in [2.75, 3.05) is 32.1 Å². The third-order valence-corrected chi connectivity index (χ3v) is 5.74. The molecule has 0 bridgehead atoms. The van der Waals surface area contributed by atoms with Gasteiger partial charge in [0.2, 0.25) is 5.95 Å². The number of aromatic nitrogens is 4. The highest BCUT2D eigenvalue weighted by atomic mass is 19.1. The van der Waals surface area contributed by atoms with E-state index in [4.69, 9.17) is 4.98 Å². The lowest BCUT2D eigenvalue weighted by Crippen LogP contribution is -2.34. The third kappa shape index (κ3) is 4.36. The number of aryl methyl sites for hydroxylation is 2. The van der Waals surface area contributed by atoms with Crippen LogP contribution in [0.2, 0.25) is 0 Å². The Hall–Kier alpha value is -2.80. The minimum Gasteiger partial charge on any atom is -0.347 e. The molecule has 0 saturated carbocycles. The summed E-state index contributed by atoms with van der Waals surface area (Å²) in [4.78, 5) is 13.8. The van der Waals surface area contributed by atoms with Gasteiger partial charge in [0.15, 0.2) is 0 Å². The lowest BCUT2D eigenvalue weighted by atomic mass is 9.89. The molecule has 1 fully saturated rings. The Labute approximate surface area is 177 Å². The summed E-state index contributed by atoms with van der Waals surface area (Å²) in [5.74, 6) is 0.716. The van der Waals surface area contributed by atoms with E-state index in [-0.39, 0.29) is 11.7 Å². The zero-order chi connectivity index (χ0) is 21.3. The Bertz CT molecular complexity index is 1030. The fourth-order valence-corrected chi connectivity index (χ4v) is 4.26. The van der Waals surface area contributed by atoms with Gasteiger partial charge in [-0.2, -0.15) is 5.10 Å². The van der Waals surface area contributed by atoms with Crippen LogP contribution in [-0.4, -0.2) is 51.8 Å². The molecule has 1 aliphatic heterocycles. The van der Waals surface area contributed by atoms with E-state index in [1.165, 1.54) is 11.6 Å². The summed E-state index contributed by atoms with van der Waals surface area (Å²) in [7, 11) is 5.85. The van der Waals surface area contributed by atoms with Gasteiger partial charge in [0, 0.05) is 63.7 Å². The molecule has 1 saturated heterocycles. The summed E-state index contributed by atoms with van der Waals surface area (Å²) in [6, 6.07) is 6.71. The molecule has 1 aromatic carbocycles. The van der Waals surface area contributed by atoms with E-state index < -0.39 is 0 Å². The zero-order valence-corrected chi connectivity index (χ0v) is 18.1. The summed E-state index contributed by atoms with van der Waals surface area (Å²) in [6.07, 6.45) is 6.12. The maximum absolute atomic E-state index is 13.9. The van der Waals surface area contributed by atoms with Gasteiger partial charge in [-0.15, -0.1) is 0 Å². The van der Waals surface area contributed by atoms with Crippen LogP contribution in [0.3, 0.4) is 0 Å².